The number of carboxylic acid groups (broad SMARTS) is 2. The molecule has 0 aromatic heterocycles. The van der Waals surface area contributed by atoms with E-state index in [1.54, 1.807) is 0 Å². The number of rotatable bonds is 4. The maximum atomic E-state index is 10.1. The van der Waals surface area contributed by atoms with Crippen molar-refractivity contribution in [1.29, 1.82) is 0 Å². The number of hydrogen-bond acceptors (Lipinski definition) is 4. The van der Waals surface area contributed by atoms with Crippen molar-refractivity contribution in [3.8, 4) is 0 Å². The third kappa shape index (κ3) is 3.00. The summed E-state index contributed by atoms with van der Waals surface area (Å²) < 4.78 is 0. The zero-order valence-corrected chi connectivity index (χ0v) is 5.07. The topological polar surface area (TPSA) is 113 Å². The van der Waals surface area contributed by atoms with E-state index in [4.69, 9.17) is 16.1 Å². The Labute approximate surface area is 56.6 Å². The highest BCUT2D eigenvalue weighted by Crippen LogP contribution is 1.89. The van der Waals surface area contributed by atoms with Crippen LogP contribution in [0.1, 0.15) is 6.42 Å². The fourth-order valence-electron chi connectivity index (χ4n) is 0.392. The molecule has 6 heteroatoms. The highest BCUT2D eigenvalue weighted by Gasteiger charge is 2.18. The average Bonchev–Trinajstić information content (AvgIpc) is 1.81. The van der Waals surface area contributed by atoms with Crippen LogP contribution in [0.15, 0.2) is 0 Å². The largest absolute Gasteiger partial charge is 0.481 e. The minimum atomic E-state index is -1.27. The van der Waals surface area contributed by atoms with Crippen LogP contribution in [-0.2, 0) is 9.59 Å². The molecule has 0 aromatic carbocycles. The Morgan fingerprint density at radius 1 is 1.50 bits per heavy atom. The molecule has 0 spiro atoms. The quantitative estimate of drug-likeness (QED) is 0.281. The summed E-state index contributed by atoms with van der Waals surface area (Å²) in [6.07, 6.45) is -0.522. The molecule has 0 bridgehead atoms. The number of nitrogens with one attached hydrogen (secondary N) is 1. The van der Waals surface area contributed by atoms with Gasteiger partial charge in [-0.2, -0.15) is 0 Å². The lowest BCUT2D eigenvalue weighted by Crippen LogP contribution is -2.42. The number of nitrogens with two attached hydrogens (primary N) is 1. The van der Waals surface area contributed by atoms with Crippen LogP contribution in [0.5, 0.6) is 0 Å². The number of aliphatic carboxylic acids is 2. The van der Waals surface area contributed by atoms with Gasteiger partial charge in [0.2, 0.25) is 0 Å². The summed E-state index contributed by atoms with van der Waals surface area (Å²) in [6.45, 7) is 0. The van der Waals surface area contributed by atoms with Gasteiger partial charge in [0.05, 0.1) is 6.42 Å². The van der Waals surface area contributed by atoms with E-state index in [1.165, 1.54) is 0 Å². The van der Waals surface area contributed by atoms with E-state index < -0.39 is 24.4 Å². The predicted molar refractivity (Wildman–Crippen MR) is 31.0 cm³/mol. The van der Waals surface area contributed by atoms with Gasteiger partial charge in [0.1, 0.15) is 6.04 Å². The molecule has 6 nitrogen and oxygen atoms in total. The van der Waals surface area contributed by atoms with Gasteiger partial charge in [0.15, 0.2) is 0 Å². The first kappa shape index (κ1) is 8.86. The third-order valence-electron chi connectivity index (χ3n) is 0.878. The summed E-state index contributed by atoms with van der Waals surface area (Å²) in [4.78, 5) is 20.0. The van der Waals surface area contributed by atoms with Crippen LogP contribution < -0.4 is 11.3 Å². The second-order valence-electron chi connectivity index (χ2n) is 1.66. The Balaban J connectivity index is 3.83. The Morgan fingerprint density at radius 3 is 2.10 bits per heavy atom. The molecular weight excluding hydrogens is 140 g/mol. The van der Waals surface area contributed by atoms with Gasteiger partial charge in [0.25, 0.3) is 0 Å². The van der Waals surface area contributed by atoms with Gasteiger partial charge in [-0.15, -0.1) is 0 Å². The van der Waals surface area contributed by atoms with Crippen molar-refractivity contribution in [3.63, 3.8) is 0 Å². The molecule has 0 aliphatic rings. The van der Waals surface area contributed by atoms with Crippen molar-refractivity contribution in [2.75, 3.05) is 0 Å². The second kappa shape index (κ2) is 3.80. The molecule has 1 atom stereocenters. The Kier molecular flexibility index (Phi) is 3.37. The smallest absolute Gasteiger partial charge is 0.322 e. The summed E-state index contributed by atoms with van der Waals surface area (Å²) >= 11 is 0. The fraction of sp³-hybridized carbons (Fsp3) is 0.500. The van der Waals surface area contributed by atoms with Crippen LogP contribution in [0.2, 0.25) is 0 Å². The molecule has 0 saturated heterocycles. The van der Waals surface area contributed by atoms with Crippen LogP contribution in [0.25, 0.3) is 0 Å². The molecule has 58 valence electrons. The molecule has 5 N–H and O–H groups in total. The highest BCUT2D eigenvalue weighted by molar-refractivity contribution is 5.80. The van der Waals surface area contributed by atoms with Crippen LogP contribution >= 0.6 is 0 Å². The number of hydrazine groups is 1. The summed E-state index contributed by atoms with van der Waals surface area (Å²) in [7, 11) is 0. The fourth-order valence-corrected chi connectivity index (χ4v) is 0.392. The Hall–Kier alpha value is -1.14. The van der Waals surface area contributed by atoms with Crippen molar-refractivity contribution < 1.29 is 19.8 Å². The van der Waals surface area contributed by atoms with E-state index in [9.17, 15) is 9.59 Å². The van der Waals surface area contributed by atoms with E-state index in [1.807, 2.05) is 5.43 Å². The molecule has 0 rings (SSSR count). The highest BCUT2D eigenvalue weighted by atomic mass is 16.4. The molecule has 0 amide bonds. The molecule has 0 aromatic rings. The monoisotopic (exact) mass is 148 g/mol. The molecular formula is C4H8N2O4. The van der Waals surface area contributed by atoms with Gasteiger partial charge in [-0.1, -0.05) is 0 Å². The van der Waals surface area contributed by atoms with E-state index >= 15 is 0 Å². The SMILES string of the molecule is NNC(CC(=O)O)C(=O)O. The zero-order chi connectivity index (χ0) is 8.15. The predicted octanol–water partition coefficient (Wildman–Crippen LogP) is -1.62. The molecule has 0 heterocycles. The number of carbonyl (C=O) groups is 2. The van der Waals surface area contributed by atoms with Gasteiger partial charge in [0, 0.05) is 0 Å². The van der Waals surface area contributed by atoms with Crippen LogP contribution in [-0.4, -0.2) is 28.2 Å². The summed E-state index contributed by atoms with van der Waals surface area (Å²) in [5.74, 6) is 2.25. The summed E-state index contributed by atoms with van der Waals surface area (Å²) in [6, 6.07) is -1.21. The van der Waals surface area contributed by atoms with Crippen molar-refractivity contribution >= 4 is 11.9 Å². The lowest BCUT2D eigenvalue weighted by molar-refractivity contribution is -0.145. The van der Waals surface area contributed by atoms with E-state index in [2.05, 4.69) is 0 Å². The van der Waals surface area contributed by atoms with Gasteiger partial charge in [-0.05, 0) is 0 Å². The Bertz CT molecular complexity index is 146. The first-order valence-electron chi connectivity index (χ1n) is 2.48. The molecule has 1 unspecified atom stereocenters. The first-order valence-corrected chi connectivity index (χ1v) is 2.48. The lowest BCUT2D eigenvalue weighted by Gasteiger charge is -2.05. The summed E-state index contributed by atoms with van der Waals surface area (Å²) in [5.41, 5.74) is 1.85. The molecule has 0 saturated carbocycles. The molecule has 0 aliphatic heterocycles. The van der Waals surface area contributed by atoms with Crippen LogP contribution in [0, 0.1) is 0 Å². The van der Waals surface area contributed by atoms with E-state index in [-0.39, 0.29) is 0 Å². The van der Waals surface area contributed by atoms with Crippen molar-refractivity contribution in [2.24, 2.45) is 5.84 Å². The van der Waals surface area contributed by atoms with Gasteiger partial charge >= 0.3 is 11.9 Å². The first-order chi connectivity index (χ1) is 4.57. The van der Waals surface area contributed by atoms with Gasteiger partial charge in [-0.25, -0.2) is 5.43 Å². The minimum absolute atomic E-state index is 0.522. The van der Waals surface area contributed by atoms with Gasteiger partial charge < -0.3 is 10.2 Å². The lowest BCUT2D eigenvalue weighted by atomic mass is 10.2. The van der Waals surface area contributed by atoms with Crippen molar-refractivity contribution in [2.45, 2.75) is 12.5 Å². The average molecular weight is 148 g/mol. The molecule has 0 fully saturated rings. The van der Waals surface area contributed by atoms with E-state index in [0.717, 1.165) is 0 Å². The number of hydrogen-bond donors (Lipinski definition) is 4. The van der Waals surface area contributed by atoms with Crippen LogP contribution in [0.3, 0.4) is 0 Å². The van der Waals surface area contributed by atoms with Crippen molar-refractivity contribution in [3.05, 3.63) is 0 Å². The standard InChI is InChI=1S/C4H8N2O4/c5-6-2(4(9)10)1-3(7)8/h2,6H,1,5H2,(H,7,8)(H,9,10). The molecule has 0 radical (unpaired) electrons. The zero-order valence-electron chi connectivity index (χ0n) is 5.07. The maximum absolute atomic E-state index is 10.1. The summed E-state index contributed by atoms with van der Waals surface area (Å²) in [5, 5.41) is 16.3. The Morgan fingerprint density at radius 2 is 2.00 bits per heavy atom. The van der Waals surface area contributed by atoms with Crippen LogP contribution in [0.4, 0.5) is 0 Å². The van der Waals surface area contributed by atoms with Crippen molar-refractivity contribution in [1.82, 2.24) is 5.43 Å². The second-order valence-corrected chi connectivity index (χ2v) is 1.66. The maximum Gasteiger partial charge on any atom is 0.322 e. The molecule has 0 aliphatic carbocycles. The van der Waals surface area contributed by atoms with Gasteiger partial charge in [-0.3, -0.25) is 15.4 Å². The third-order valence-corrected chi connectivity index (χ3v) is 0.878. The van der Waals surface area contributed by atoms with E-state index in [0.29, 0.717) is 0 Å². The molecule has 10 heavy (non-hydrogen) atoms. The minimum Gasteiger partial charge on any atom is -0.481 e. The number of carboxylic acids is 2. The normalized spacial score (nSPS) is 12.5.